The summed E-state index contributed by atoms with van der Waals surface area (Å²) in [4.78, 5) is 27.2. The van der Waals surface area contributed by atoms with Crippen LogP contribution < -0.4 is 4.74 Å². The van der Waals surface area contributed by atoms with E-state index in [0.717, 1.165) is 25.7 Å². The van der Waals surface area contributed by atoms with E-state index in [1.807, 2.05) is 13.8 Å². The Balaban J connectivity index is 1.76. The number of esters is 1. The van der Waals surface area contributed by atoms with Crippen molar-refractivity contribution in [1.29, 1.82) is 0 Å². The second-order valence-electron chi connectivity index (χ2n) is 9.38. The predicted octanol–water partition coefficient (Wildman–Crippen LogP) is 2.23. The molecule has 3 rings (SSSR count). The molecule has 10 nitrogen and oxygen atoms in total. The molecule has 1 amide bonds. The molecule has 0 saturated carbocycles. The Bertz CT molecular complexity index is 1160. The minimum atomic E-state index is -3.90. The lowest BCUT2D eigenvalue weighted by molar-refractivity contribution is -0.138. The number of carbonyl (C=O) groups is 2. The normalized spacial score (nSPS) is 21.4. The van der Waals surface area contributed by atoms with Gasteiger partial charge in [0.25, 0.3) is 5.91 Å². The van der Waals surface area contributed by atoms with Crippen LogP contribution >= 0.6 is 0 Å². The van der Waals surface area contributed by atoms with Crippen molar-refractivity contribution in [3.63, 3.8) is 0 Å². The van der Waals surface area contributed by atoms with Crippen LogP contribution in [0, 0.1) is 0 Å². The van der Waals surface area contributed by atoms with Crippen molar-refractivity contribution in [2.75, 3.05) is 38.3 Å². The Labute approximate surface area is 213 Å². The number of methoxy groups -OCH3 is 1. The summed E-state index contributed by atoms with van der Waals surface area (Å²) in [6.07, 6.45) is 4.42. The molecule has 0 bridgehead atoms. The first-order valence-electron chi connectivity index (χ1n) is 12.4. The van der Waals surface area contributed by atoms with Crippen LogP contribution in [0.2, 0.25) is 0 Å². The smallest absolute Gasteiger partial charge is 0.338 e. The molecule has 0 spiro atoms. The van der Waals surface area contributed by atoms with Gasteiger partial charge in [0.1, 0.15) is 10.6 Å². The largest absolute Gasteiger partial charge is 0.495 e. The molecule has 0 aromatic heterocycles. The minimum absolute atomic E-state index is 0.0180. The van der Waals surface area contributed by atoms with Crippen LogP contribution in [0.15, 0.2) is 23.1 Å². The highest BCUT2D eigenvalue weighted by atomic mass is 32.2. The zero-order valence-corrected chi connectivity index (χ0v) is 22.8. The van der Waals surface area contributed by atoms with Crippen molar-refractivity contribution in [3.05, 3.63) is 23.8 Å². The molecule has 2 fully saturated rings. The van der Waals surface area contributed by atoms with Gasteiger partial charge in [-0.15, -0.1) is 0 Å². The van der Waals surface area contributed by atoms with Crippen LogP contribution in [0.1, 0.15) is 62.7 Å². The van der Waals surface area contributed by atoms with Gasteiger partial charge >= 0.3 is 5.97 Å². The van der Waals surface area contributed by atoms with Gasteiger partial charge in [-0.25, -0.2) is 21.6 Å². The summed E-state index contributed by atoms with van der Waals surface area (Å²) >= 11 is 0. The Kier molecular flexibility index (Phi) is 9.39. The van der Waals surface area contributed by atoms with Crippen molar-refractivity contribution in [2.45, 2.75) is 69.4 Å². The number of sulfone groups is 1. The first-order chi connectivity index (χ1) is 17.0. The van der Waals surface area contributed by atoms with E-state index in [1.54, 1.807) is 0 Å². The van der Waals surface area contributed by atoms with Crippen molar-refractivity contribution in [2.24, 2.45) is 0 Å². The first kappa shape index (κ1) is 28.4. The molecule has 202 valence electrons. The van der Waals surface area contributed by atoms with Crippen LogP contribution in [-0.2, 0) is 29.4 Å². The molecule has 12 heteroatoms. The third-order valence-corrected chi connectivity index (χ3v) is 10.5. The number of ether oxygens (including phenoxy) is 2. The molecular formula is C24H36N2O8S2. The highest BCUT2D eigenvalue weighted by molar-refractivity contribution is 7.91. The van der Waals surface area contributed by atoms with Gasteiger partial charge in [0.05, 0.1) is 24.2 Å². The zero-order valence-electron chi connectivity index (χ0n) is 21.1. The molecular weight excluding hydrogens is 508 g/mol. The monoisotopic (exact) mass is 544 g/mol. The molecule has 0 N–H and O–H groups in total. The van der Waals surface area contributed by atoms with E-state index >= 15 is 0 Å². The van der Waals surface area contributed by atoms with Gasteiger partial charge in [-0.2, -0.15) is 4.31 Å². The molecule has 36 heavy (non-hydrogen) atoms. The summed E-state index contributed by atoms with van der Waals surface area (Å²) in [5, 5.41) is 0. The van der Waals surface area contributed by atoms with E-state index in [-0.39, 0.29) is 33.8 Å². The molecule has 2 heterocycles. The highest BCUT2D eigenvalue weighted by Gasteiger charge is 2.37. The topological polar surface area (TPSA) is 127 Å². The maximum absolute atomic E-state index is 13.3. The van der Waals surface area contributed by atoms with Gasteiger partial charge < -0.3 is 14.4 Å². The van der Waals surface area contributed by atoms with Gasteiger partial charge in [0, 0.05) is 25.2 Å². The van der Waals surface area contributed by atoms with Crippen LogP contribution in [0.4, 0.5) is 0 Å². The van der Waals surface area contributed by atoms with Crippen LogP contribution in [0.25, 0.3) is 0 Å². The van der Waals surface area contributed by atoms with Gasteiger partial charge in [-0.1, -0.05) is 19.8 Å². The summed E-state index contributed by atoms with van der Waals surface area (Å²) in [5.74, 6) is -1.28. The van der Waals surface area contributed by atoms with E-state index in [1.165, 1.54) is 34.5 Å². The quantitative estimate of drug-likeness (QED) is 0.433. The fourth-order valence-electron chi connectivity index (χ4n) is 4.71. The lowest BCUT2D eigenvalue weighted by Crippen LogP contribution is -2.48. The van der Waals surface area contributed by atoms with Crippen LogP contribution in [0.5, 0.6) is 5.75 Å². The Morgan fingerprint density at radius 1 is 1.17 bits per heavy atom. The van der Waals surface area contributed by atoms with E-state index in [9.17, 15) is 26.4 Å². The lowest BCUT2D eigenvalue weighted by Gasteiger charge is -2.33. The fourth-order valence-corrected chi connectivity index (χ4v) is 8.12. The Hall–Kier alpha value is -2.18. The van der Waals surface area contributed by atoms with E-state index in [4.69, 9.17) is 9.47 Å². The molecule has 2 aliphatic rings. The SMILES string of the molecule is CCC(C)N(C(=O)COC(=O)c1ccc(OC)c(S(=O)(=O)N2CCCCCC2)c1)C1CCS(=O)(=O)C1. The number of hydrogen-bond acceptors (Lipinski definition) is 8. The second kappa shape index (κ2) is 11.9. The molecule has 2 saturated heterocycles. The molecule has 1 aromatic carbocycles. The van der Waals surface area contributed by atoms with Crippen molar-refractivity contribution in [3.8, 4) is 5.75 Å². The molecule has 1 aromatic rings. The lowest BCUT2D eigenvalue weighted by atomic mass is 10.1. The highest BCUT2D eigenvalue weighted by Crippen LogP contribution is 2.30. The fraction of sp³-hybridized carbons (Fsp3) is 0.667. The van der Waals surface area contributed by atoms with Gasteiger partial charge in [0.2, 0.25) is 10.0 Å². The maximum atomic E-state index is 13.3. The second-order valence-corrected chi connectivity index (χ2v) is 13.5. The summed E-state index contributed by atoms with van der Waals surface area (Å²) in [7, 11) is -5.74. The number of carbonyl (C=O) groups excluding carboxylic acids is 2. The Morgan fingerprint density at radius 3 is 2.39 bits per heavy atom. The molecule has 2 aliphatic heterocycles. The summed E-state index contributed by atoms with van der Waals surface area (Å²) in [5.41, 5.74) is -0.0180. The molecule has 0 radical (unpaired) electrons. The summed E-state index contributed by atoms with van der Waals surface area (Å²) in [6, 6.07) is 3.34. The number of nitrogens with zero attached hydrogens (tertiary/aromatic N) is 2. The predicted molar refractivity (Wildman–Crippen MR) is 134 cm³/mol. The average Bonchev–Trinajstić information content (AvgIpc) is 3.04. The summed E-state index contributed by atoms with van der Waals surface area (Å²) in [6.45, 7) is 3.95. The molecule has 2 unspecified atom stereocenters. The minimum Gasteiger partial charge on any atom is -0.495 e. The number of sulfonamides is 1. The molecule has 2 atom stereocenters. The van der Waals surface area contributed by atoms with Crippen molar-refractivity contribution >= 4 is 31.7 Å². The third-order valence-electron chi connectivity index (χ3n) is 6.86. The standard InChI is InChI=1S/C24H36N2O8S2/c1-4-18(2)26(20-11-14-35(29,30)17-20)23(27)16-34-24(28)19-9-10-21(33-3)22(15-19)36(31,32)25-12-7-5-6-8-13-25/h9-10,15,18,20H,4-8,11-14,16-17H2,1-3H3. The van der Waals surface area contributed by atoms with E-state index in [0.29, 0.717) is 25.9 Å². The summed E-state index contributed by atoms with van der Waals surface area (Å²) < 4.78 is 62.5. The number of rotatable bonds is 9. The van der Waals surface area contributed by atoms with Crippen molar-refractivity contribution in [1.82, 2.24) is 9.21 Å². The average molecular weight is 545 g/mol. The van der Waals surface area contributed by atoms with Crippen LogP contribution in [0.3, 0.4) is 0 Å². The van der Waals surface area contributed by atoms with Gasteiger partial charge in [0.15, 0.2) is 16.4 Å². The van der Waals surface area contributed by atoms with Crippen molar-refractivity contribution < 1.29 is 35.9 Å². The number of amides is 1. The van der Waals surface area contributed by atoms with Gasteiger partial charge in [-0.3, -0.25) is 4.79 Å². The third kappa shape index (κ3) is 6.57. The van der Waals surface area contributed by atoms with E-state index < -0.39 is 44.4 Å². The number of hydrogen-bond donors (Lipinski definition) is 0. The first-order valence-corrected chi connectivity index (χ1v) is 15.6. The van der Waals surface area contributed by atoms with E-state index in [2.05, 4.69) is 0 Å². The Morgan fingerprint density at radius 2 is 1.83 bits per heavy atom. The number of benzene rings is 1. The molecule has 0 aliphatic carbocycles. The van der Waals surface area contributed by atoms with Crippen LogP contribution in [-0.4, -0.2) is 88.3 Å². The van der Waals surface area contributed by atoms with Gasteiger partial charge in [-0.05, 0) is 50.8 Å². The maximum Gasteiger partial charge on any atom is 0.338 e. The zero-order chi connectivity index (χ0) is 26.5.